The fourth-order valence-corrected chi connectivity index (χ4v) is 3.72. The monoisotopic (exact) mass is 338 g/mol. The van der Waals surface area contributed by atoms with Crippen molar-refractivity contribution in [1.29, 1.82) is 0 Å². The second kappa shape index (κ2) is 6.86. The van der Waals surface area contributed by atoms with Gasteiger partial charge in [0.25, 0.3) is 0 Å². The molecule has 1 aliphatic heterocycles. The van der Waals surface area contributed by atoms with Crippen molar-refractivity contribution in [3.8, 4) is 0 Å². The Labute approximate surface area is 141 Å². The number of carbonyl (C=O) groups excluding carboxylic acids is 2. The third-order valence-corrected chi connectivity index (χ3v) is 5.04. The zero-order valence-corrected chi connectivity index (χ0v) is 15.3. The molecule has 0 saturated carbocycles. The molecule has 6 nitrogen and oxygen atoms in total. The van der Waals surface area contributed by atoms with Crippen LogP contribution in [0.3, 0.4) is 0 Å². The molecule has 1 aromatic rings. The zero-order valence-electron chi connectivity index (χ0n) is 14.5. The topological polar surface area (TPSA) is 74.3 Å². The zero-order chi connectivity index (χ0) is 17.2. The van der Waals surface area contributed by atoms with E-state index in [0.717, 1.165) is 17.1 Å². The van der Waals surface area contributed by atoms with Gasteiger partial charge in [0.1, 0.15) is 0 Å². The lowest BCUT2D eigenvalue weighted by Gasteiger charge is -2.32. The van der Waals surface area contributed by atoms with Crippen LogP contribution < -0.4 is 10.6 Å². The largest absolute Gasteiger partial charge is 0.338 e. The number of aromatic nitrogens is 1. The number of urea groups is 1. The lowest BCUT2D eigenvalue weighted by Crippen LogP contribution is -2.46. The number of rotatable bonds is 4. The third kappa shape index (κ3) is 4.67. The van der Waals surface area contributed by atoms with Gasteiger partial charge >= 0.3 is 6.03 Å². The predicted octanol–water partition coefficient (Wildman–Crippen LogP) is 2.00. The van der Waals surface area contributed by atoms with Gasteiger partial charge in [0.2, 0.25) is 5.91 Å². The van der Waals surface area contributed by atoms with Gasteiger partial charge in [0, 0.05) is 36.3 Å². The van der Waals surface area contributed by atoms with Gasteiger partial charge in [0.15, 0.2) is 0 Å². The van der Waals surface area contributed by atoms with E-state index in [1.54, 1.807) is 11.3 Å². The number of thiazole rings is 1. The Morgan fingerprint density at radius 2 is 2.09 bits per heavy atom. The number of likely N-dealkylation sites (tertiary alicyclic amines) is 1. The molecule has 0 radical (unpaired) electrons. The molecular weight excluding hydrogens is 312 g/mol. The molecule has 1 atom stereocenters. The highest BCUT2D eigenvalue weighted by atomic mass is 32.1. The lowest BCUT2D eigenvalue weighted by molar-refractivity contribution is -0.131. The number of nitrogens with zero attached hydrogens (tertiary/aromatic N) is 2. The summed E-state index contributed by atoms with van der Waals surface area (Å²) in [5, 5.41) is 6.80. The minimum Gasteiger partial charge on any atom is -0.338 e. The molecule has 2 heterocycles. The second-order valence-electron chi connectivity index (χ2n) is 6.97. The highest BCUT2D eigenvalue weighted by Crippen LogP contribution is 2.21. The number of hydrogen-bond acceptors (Lipinski definition) is 4. The standard InChI is InChI=1S/C16H26N4O2S/c1-10-13(23-11(2)18-10)6-7-17-15(22)19-12-8-14(21)20(9-12)16(3,4)5/h12H,6-9H2,1-5H3,(H2,17,19,22)/t12-/m1/s1. The number of carbonyl (C=O) groups is 2. The van der Waals surface area contributed by atoms with Crippen molar-refractivity contribution in [3.63, 3.8) is 0 Å². The van der Waals surface area contributed by atoms with Gasteiger partial charge in [-0.15, -0.1) is 11.3 Å². The first-order valence-corrected chi connectivity index (χ1v) is 8.76. The fraction of sp³-hybridized carbons (Fsp3) is 0.688. The van der Waals surface area contributed by atoms with Crippen molar-refractivity contribution in [3.05, 3.63) is 15.6 Å². The summed E-state index contributed by atoms with van der Waals surface area (Å²) in [5.74, 6) is 0.0959. The van der Waals surface area contributed by atoms with Gasteiger partial charge in [-0.25, -0.2) is 9.78 Å². The number of nitrogens with one attached hydrogen (secondary N) is 2. The van der Waals surface area contributed by atoms with Crippen LogP contribution in [0, 0.1) is 13.8 Å². The number of hydrogen-bond donors (Lipinski definition) is 2. The molecule has 1 fully saturated rings. The molecule has 1 aliphatic rings. The Balaban J connectivity index is 1.75. The summed E-state index contributed by atoms with van der Waals surface area (Å²) in [6, 6.07) is -0.327. The van der Waals surface area contributed by atoms with E-state index in [0.29, 0.717) is 19.5 Å². The Hall–Kier alpha value is -1.63. The van der Waals surface area contributed by atoms with Crippen LogP contribution in [0.5, 0.6) is 0 Å². The van der Waals surface area contributed by atoms with Crippen LogP contribution in [0.1, 0.15) is 42.8 Å². The van der Waals surface area contributed by atoms with Gasteiger partial charge < -0.3 is 15.5 Å². The first-order chi connectivity index (χ1) is 10.7. The molecular formula is C16H26N4O2S. The van der Waals surface area contributed by atoms with E-state index in [9.17, 15) is 9.59 Å². The molecule has 2 N–H and O–H groups in total. The predicted molar refractivity (Wildman–Crippen MR) is 91.7 cm³/mol. The Bertz CT molecular complexity index is 591. The van der Waals surface area contributed by atoms with Crippen molar-refractivity contribution < 1.29 is 9.59 Å². The number of aryl methyl sites for hydroxylation is 2. The maximum Gasteiger partial charge on any atom is 0.315 e. The Morgan fingerprint density at radius 3 is 2.61 bits per heavy atom. The SMILES string of the molecule is Cc1nc(C)c(CCNC(=O)N[C@@H]2CC(=O)N(C(C)(C)C)C2)s1. The molecule has 0 spiro atoms. The summed E-state index contributed by atoms with van der Waals surface area (Å²) in [5.41, 5.74) is 0.836. The molecule has 7 heteroatoms. The van der Waals surface area contributed by atoms with E-state index in [4.69, 9.17) is 0 Å². The van der Waals surface area contributed by atoms with E-state index in [1.165, 1.54) is 4.88 Å². The molecule has 3 amide bonds. The van der Waals surface area contributed by atoms with Crippen molar-refractivity contribution >= 4 is 23.3 Å². The van der Waals surface area contributed by atoms with Gasteiger partial charge in [-0.2, -0.15) is 0 Å². The molecule has 0 aliphatic carbocycles. The van der Waals surface area contributed by atoms with Gasteiger partial charge in [-0.05, 0) is 34.6 Å². The Morgan fingerprint density at radius 1 is 1.39 bits per heavy atom. The lowest BCUT2D eigenvalue weighted by atomic mass is 10.1. The first kappa shape index (κ1) is 17.7. The van der Waals surface area contributed by atoms with Crippen LogP contribution in [0.4, 0.5) is 4.79 Å². The van der Waals surface area contributed by atoms with Crippen LogP contribution in [0.2, 0.25) is 0 Å². The van der Waals surface area contributed by atoms with E-state index >= 15 is 0 Å². The summed E-state index contributed by atoms with van der Waals surface area (Å²) in [7, 11) is 0. The van der Waals surface area contributed by atoms with E-state index in [1.807, 2.05) is 39.5 Å². The van der Waals surface area contributed by atoms with Gasteiger partial charge in [-0.1, -0.05) is 0 Å². The minimum atomic E-state index is -0.211. The van der Waals surface area contributed by atoms with Crippen LogP contribution in [0.25, 0.3) is 0 Å². The van der Waals surface area contributed by atoms with Crippen molar-refractivity contribution in [2.24, 2.45) is 0 Å². The Kier molecular flexibility index (Phi) is 5.29. The average molecular weight is 338 g/mol. The fourth-order valence-electron chi connectivity index (χ4n) is 2.78. The molecule has 1 saturated heterocycles. The molecule has 128 valence electrons. The van der Waals surface area contributed by atoms with Crippen molar-refractivity contribution in [1.82, 2.24) is 20.5 Å². The smallest absolute Gasteiger partial charge is 0.315 e. The van der Waals surface area contributed by atoms with E-state index in [-0.39, 0.29) is 23.5 Å². The molecule has 2 rings (SSSR count). The maximum atomic E-state index is 12.0. The quantitative estimate of drug-likeness (QED) is 0.882. The van der Waals surface area contributed by atoms with E-state index in [2.05, 4.69) is 15.6 Å². The first-order valence-electron chi connectivity index (χ1n) is 7.94. The third-order valence-electron chi connectivity index (χ3n) is 3.91. The summed E-state index contributed by atoms with van der Waals surface area (Å²) in [6.45, 7) is 11.1. The molecule has 23 heavy (non-hydrogen) atoms. The number of amides is 3. The van der Waals surface area contributed by atoms with Crippen LogP contribution in [-0.2, 0) is 11.2 Å². The minimum absolute atomic E-state index is 0.0959. The maximum absolute atomic E-state index is 12.0. The van der Waals surface area contributed by atoms with Crippen LogP contribution >= 0.6 is 11.3 Å². The molecule has 0 bridgehead atoms. The highest BCUT2D eigenvalue weighted by Gasteiger charge is 2.36. The molecule has 1 aromatic heterocycles. The van der Waals surface area contributed by atoms with Gasteiger partial charge in [0.05, 0.1) is 16.7 Å². The summed E-state index contributed by atoms with van der Waals surface area (Å²) in [6.07, 6.45) is 1.15. The van der Waals surface area contributed by atoms with Crippen molar-refractivity contribution in [2.75, 3.05) is 13.1 Å². The molecule has 0 aromatic carbocycles. The molecule has 0 unspecified atom stereocenters. The summed E-state index contributed by atoms with van der Waals surface area (Å²) < 4.78 is 0. The average Bonchev–Trinajstić information content (AvgIpc) is 2.92. The summed E-state index contributed by atoms with van der Waals surface area (Å²) >= 11 is 1.67. The van der Waals surface area contributed by atoms with Crippen LogP contribution in [-0.4, -0.2) is 46.5 Å². The second-order valence-corrected chi connectivity index (χ2v) is 8.26. The normalized spacial score (nSPS) is 18.4. The highest BCUT2D eigenvalue weighted by molar-refractivity contribution is 7.11. The van der Waals surface area contributed by atoms with Crippen molar-refractivity contribution in [2.45, 2.75) is 59.0 Å². The summed E-state index contributed by atoms with van der Waals surface area (Å²) in [4.78, 5) is 31.4. The van der Waals surface area contributed by atoms with E-state index < -0.39 is 0 Å². The van der Waals surface area contributed by atoms with Gasteiger partial charge in [-0.3, -0.25) is 4.79 Å². The van der Waals surface area contributed by atoms with Crippen LogP contribution in [0.15, 0.2) is 0 Å².